The number of nitrogens with zero attached hydrogens (tertiary/aromatic N) is 3. The topological polar surface area (TPSA) is 97.9 Å². The molecule has 0 unspecified atom stereocenters. The molecule has 3 heterocycles. The van der Waals surface area contributed by atoms with Gasteiger partial charge in [-0.1, -0.05) is 0 Å². The number of hydrogen-bond donors (Lipinski definition) is 2. The summed E-state index contributed by atoms with van der Waals surface area (Å²) in [7, 11) is 3.20. The number of hydrogen-bond acceptors (Lipinski definition) is 5. The molecule has 1 amide bonds. The summed E-state index contributed by atoms with van der Waals surface area (Å²) >= 11 is 0. The molecule has 3 aromatic heterocycles. The molecular weight excluding hydrogens is 415 g/mol. The van der Waals surface area contributed by atoms with E-state index in [0.717, 1.165) is 0 Å². The van der Waals surface area contributed by atoms with Gasteiger partial charge in [0.25, 0.3) is 5.91 Å². The van der Waals surface area contributed by atoms with E-state index < -0.39 is 11.7 Å². The van der Waals surface area contributed by atoms with E-state index in [1.54, 1.807) is 36.0 Å². The van der Waals surface area contributed by atoms with Gasteiger partial charge in [0.05, 0.1) is 42.4 Å². The van der Waals surface area contributed by atoms with Crippen molar-refractivity contribution >= 4 is 22.9 Å². The van der Waals surface area contributed by atoms with Crippen LogP contribution in [0.5, 0.6) is 5.75 Å². The number of aliphatic hydroxyl groups excluding tert-OH is 1. The lowest BCUT2D eigenvalue weighted by Gasteiger charge is -2.12. The summed E-state index contributed by atoms with van der Waals surface area (Å²) < 4.78 is 23.7. The first kappa shape index (κ1) is 21.3. The summed E-state index contributed by atoms with van der Waals surface area (Å²) in [6, 6.07) is 7.64. The third-order valence-corrected chi connectivity index (χ3v) is 5.16. The highest BCUT2D eigenvalue weighted by Crippen LogP contribution is 2.31. The van der Waals surface area contributed by atoms with Gasteiger partial charge in [0.2, 0.25) is 0 Å². The fourth-order valence-electron chi connectivity index (χ4n) is 3.59. The number of anilines is 1. The quantitative estimate of drug-likeness (QED) is 0.451. The Hall–Kier alpha value is -3.98. The number of aromatic nitrogens is 3. The van der Waals surface area contributed by atoms with E-state index in [1.807, 2.05) is 0 Å². The third-order valence-electron chi connectivity index (χ3n) is 5.16. The Morgan fingerprint density at radius 3 is 2.66 bits per heavy atom. The Labute approximate surface area is 182 Å². The van der Waals surface area contributed by atoms with Gasteiger partial charge in [-0.05, 0) is 29.8 Å². The van der Waals surface area contributed by atoms with Gasteiger partial charge in [0.15, 0.2) is 11.6 Å². The van der Waals surface area contributed by atoms with Crippen molar-refractivity contribution in [3.63, 3.8) is 0 Å². The Morgan fingerprint density at radius 1 is 1.25 bits per heavy atom. The minimum absolute atomic E-state index is 0.0907. The van der Waals surface area contributed by atoms with Crippen LogP contribution in [0.4, 0.5) is 10.1 Å². The molecule has 0 saturated heterocycles. The van der Waals surface area contributed by atoms with Crippen molar-refractivity contribution in [1.29, 1.82) is 0 Å². The van der Waals surface area contributed by atoms with Crippen molar-refractivity contribution in [2.75, 3.05) is 12.4 Å². The van der Waals surface area contributed by atoms with Gasteiger partial charge >= 0.3 is 0 Å². The average molecular weight is 436 g/mol. The first-order chi connectivity index (χ1) is 15.3. The smallest absolute Gasteiger partial charge is 0.257 e. The van der Waals surface area contributed by atoms with Crippen LogP contribution in [0, 0.1) is 5.82 Å². The van der Waals surface area contributed by atoms with Crippen LogP contribution in [0.25, 0.3) is 16.6 Å². The number of benzene rings is 1. The second kappa shape index (κ2) is 8.27. The Kier molecular flexibility index (Phi) is 5.50. The predicted molar refractivity (Wildman–Crippen MR) is 116 cm³/mol. The molecule has 0 aliphatic carbocycles. The van der Waals surface area contributed by atoms with Gasteiger partial charge in [-0.2, -0.15) is 5.10 Å². The molecule has 0 fully saturated rings. The van der Waals surface area contributed by atoms with E-state index in [4.69, 9.17) is 4.74 Å². The van der Waals surface area contributed by atoms with Crippen LogP contribution in [0.15, 0.2) is 48.9 Å². The Morgan fingerprint density at radius 2 is 2.03 bits per heavy atom. The fourth-order valence-corrected chi connectivity index (χ4v) is 3.59. The molecular formula is C23H21FN4O4. The van der Waals surface area contributed by atoms with Crippen molar-refractivity contribution in [2.24, 2.45) is 7.05 Å². The minimum atomic E-state index is -0.656. The first-order valence-corrected chi connectivity index (χ1v) is 9.76. The number of carbonyl (C=O) groups is 2. The normalized spacial score (nSPS) is 11.0. The number of aryl methyl sites for hydroxylation is 1. The molecule has 8 nitrogen and oxygen atoms in total. The van der Waals surface area contributed by atoms with E-state index in [9.17, 15) is 14.7 Å². The minimum Gasteiger partial charge on any atom is -0.497 e. The lowest BCUT2D eigenvalue weighted by molar-refractivity contribution is 0.101. The van der Waals surface area contributed by atoms with Crippen molar-refractivity contribution in [3.8, 4) is 16.9 Å². The maximum Gasteiger partial charge on any atom is 0.257 e. The van der Waals surface area contributed by atoms with E-state index in [2.05, 4.69) is 10.4 Å². The number of halogens is 1. The zero-order valence-electron chi connectivity index (χ0n) is 17.7. The molecule has 0 bridgehead atoms. The number of nitrogens with one attached hydrogen (secondary N) is 1. The standard InChI is InChI=1S/C23H21FN4O4/c1-13(30)20-9-18(21-8-16(32-3)4-5-28(20)21)23(31)26-19-7-14(12-29)6-17(22(19)24)15-10-25-27(2)11-15/h4-11,29H,12H2,1-3H3,(H,26,31). The van der Waals surface area contributed by atoms with Gasteiger partial charge in [-0.25, -0.2) is 4.39 Å². The van der Waals surface area contributed by atoms with Gasteiger partial charge in [0.1, 0.15) is 5.75 Å². The highest BCUT2D eigenvalue weighted by atomic mass is 19.1. The zero-order chi connectivity index (χ0) is 23.0. The summed E-state index contributed by atoms with van der Waals surface area (Å²) in [4.78, 5) is 25.2. The lowest BCUT2D eigenvalue weighted by Crippen LogP contribution is -2.13. The monoisotopic (exact) mass is 436 g/mol. The number of carbonyl (C=O) groups excluding carboxylic acids is 2. The van der Waals surface area contributed by atoms with Crippen LogP contribution in [-0.2, 0) is 13.7 Å². The summed E-state index contributed by atoms with van der Waals surface area (Å²) in [6.07, 6.45) is 4.77. The Bertz CT molecular complexity index is 1360. The maximum absolute atomic E-state index is 15.3. The van der Waals surface area contributed by atoms with E-state index >= 15 is 4.39 Å². The molecule has 0 aliphatic rings. The Balaban J connectivity index is 1.79. The van der Waals surface area contributed by atoms with Crippen LogP contribution >= 0.6 is 0 Å². The third kappa shape index (κ3) is 3.74. The van der Waals surface area contributed by atoms with Crippen molar-refractivity contribution < 1.29 is 23.8 Å². The van der Waals surface area contributed by atoms with Gasteiger partial charge < -0.3 is 19.6 Å². The number of methoxy groups -OCH3 is 1. The predicted octanol–water partition coefficient (Wildman–Crippen LogP) is 3.43. The number of ether oxygens (including phenoxy) is 1. The van der Waals surface area contributed by atoms with Crippen molar-refractivity contribution in [1.82, 2.24) is 14.2 Å². The van der Waals surface area contributed by atoms with E-state index in [-0.39, 0.29) is 29.2 Å². The van der Waals surface area contributed by atoms with Crippen LogP contribution in [0.2, 0.25) is 0 Å². The van der Waals surface area contributed by atoms with Crippen LogP contribution in [0.1, 0.15) is 33.3 Å². The lowest BCUT2D eigenvalue weighted by atomic mass is 10.0. The largest absolute Gasteiger partial charge is 0.497 e. The number of rotatable bonds is 6. The van der Waals surface area contributed by atoms with E-state index in [0.29, 0.717) is 28.1 Å². The van der Waals surface area contributed by atoms with Gasteiger partial charge in [0, 0.05) is 43.6 Å². The van der Waals surface area contributed by atoms with E-state index in [1.165, 1.54) is 43.1 Å². The maximum atomic E-state index is 15.3. The highest BCUT2D eigenvalue weighted by Gasteiger charge is 2.21. The van der Waals surface area contributed by atoms with Crippen molar-refractivity contribution in [3.05, 3.63) is 71.6 Å². The molecule has 9 heteroatoms. The number of ketones is 1. The summed E-state index contributed by atoms with van der Waals surface area (Å²) in [5.74, 6) is -0.977. The molecule has 0 radical (unpaired) electrons. The number of fused-ring (bicyclic) bond motifs is 1. The number of pyridine rings is 1. The van der Waals surface area contributed by atoms with Gasteiger partial charge in [-0.15, -0.1) is 0 Å². The fraction of sp³-hybridized carbons (Fsp3) is 0.174. The zero-order valence-corrected chi connectivity index (χ0v) is 17.7. The average Bonchev–Trinajstić information content (AvgIpc) is 3.38. The summed E-state index contributed by atoms with van der Waals surface area (Å²) in [5.41, 5.74) is 1.99. The SMILES string of the molecule is COc1ccn2c(C(C)=O)cc(C(=O)Nc3cc(CO)cc(-c4cnn(C)c4)c3F)c2c1. The number of aliphatic hydroxyl groups is 1. The van der Waals surface area contributed by atoms with Crippen LogP contribution in [0.3, 0.4) is 0 Å². The molecule has 32 heavy (non-hydrogen) atoms. The molecule has 0 spiro atoms. The first-order valence-electron chi connectivity index (χ1n) is 9.76. The second-order valence-corrected chi connectivity index (χ2v) is 7.34. The summed E-state index contributed by atoms with van der Waals surface area (Å²) in [5, 5.41) is 16.3. The molecule has 0 atom stereocenters. The molecule has 164 valence electrons. The van der Waals surface area contributed by atoms with Gasteiger partial charge in [-0.3, -0.25) is 14.3 Å². The molecule has 4 rings (SSSR count). The highest BCUT2D eigenvalue weighted by molar-refractivity contribution is 6.11. The molecule has 0 aliphatic heterocycles. The van der Waals surface area contributed by atoms with Crippen LogP contribution < -0.4 is 10.1 Å². The number of amides is 1. The molecule has 2 N–H and O–H groups in total. The molecule has 0 saturated carbocycles. The number of Topliss-reactive ketones (excluding diaryl/α,β-unsaturated/α-hetero) is 1. The molecule has 1 aromatic carbocycles. The summed E-state index contributed by atoms with van der Waals surface area (Å²) in [6.45, 7) is 1.06. The van der Waals surface area contributed by atoms with Crippen LogP contribution in [-0.4, -0.2) is 38.1 Å². The second-order valence-electron chi connectivity index (χ2n) is 7.34. The molecule has 4 aromatic rings. The van der Waals surface area contributed by atoms with Crippen molar-refractivity contribution in [2.45, 2.75) is 13.5 Å².